The molecule has 0 saturated carbocycles. The van der Waals surface area contributed by atoms with Gasteiger partial charge in [0.05, 0.1) is 5.92 Å². The van der Waals surface area contributed by atoms with Crippen LogP contribution >= 0.6 is 0 Å². The molecule has 0 radical (unpaired) electrons. The van der Waals surface area contributed by atoms with Gasteiger partial charge in [-0.15, -0.1) is 0 Å². The lowest BCUT2D eigenvalue weighted by molar-refractivity contribution is -0.186. The number of carbonyl (C=O) groups is 2. The van der Waals surface area contributed by atoms with Crippen molar-refractivity contribution in [2.24, 2.45) is 5.92 Å². The molecule has 0 bridgehead atoms. The van der Waals surface area contributed by atoms with Crippen LogP contribution in [0.1, 0.15) is 27.2 Å². The van der Waals surface area contributed by atoms with Crippen molar-refractivity contribution in [3.8, 4) is 0 Å². The topological polar surface area (TPSA) is 52.6 Å². The van der Waals surface area contributed by atoms with Crippen LogP contribution in [0, 0.1) is 5.92 Å². The zero-order valence-electron chi connectivity index (χ0n) is 8.88. The van der Waals surface area contributed by atoms with Gasteiger partial charge in [0, 0.05) is 6.92 Å². The number of rotatable bonds is 5. The number of halogens is 2. The first-order chi connectivity index (χ1) is 6.79. The molecule has 15 heavy (non-hydrogen) atoms. The van der Waals surface area contributed by atoms with Gasteiger partial charge in [-0.3, -0.25) is 4.79 Å². The third-order valence-corrected chi connectivity index (χ3v) is 1.76. The highest BCUT2D eigenvalue weighted by Gasteiger charge is 2.34. The predicted molar refractivity (Wildman–Crippen MR) is 47.1 cm³/mol. The number of alkyl halides is 2. The molecule has 4 nitrogen and oxygen atoms in total. The summed E-state index contributed by atoms with van der Waals surface area (Å²) in [7, 11) is 0. The highest BCUT2D eigenvalue weighted by molar-refractivity contribution is 5.77. The van der Waals surface area contributed by atoms with Gasteiger partial charge in [0.2, 0.25) is 6.79 Å². The van der Waals surface area contributed by atoms with Gasteiger partial charge >= 0.3 is 17.9 Å². The van der Waals surface area contributed by atoms with Gasteiger partial charge in [0.15, 0.2) is 0 Å². The minimum atomic E-state index is -3.57. The Labute approximate surface area is 86.5 Å². The second kappa shape index (κ2) is 5.63. The zero-order chi connectivity index (χ0) is 12.1. The average Bonchev–Trinajstić information content (AvgIpc) is 2.14. The van der Waals surface area contributed by atoms with Crippen LogP contribution in [0.25, 0.3) is 0 Å². The summed E-state index contributed by atoms with van der Waals surface area (Å²) >= 11 is 0. The Morgan fingerprint density at radius 3 is 2.27 bits per heavy atom. The van der Waals surface area contributed by atoms with E-state index in [4.69, 9.17) is 0 Å². The monoisotopic (exact) mass is 224 g/mol. The molecule has 0 rings (SSSR count). The highest BCUT2D eigenvalue weighted by atomic mass is 19.3. The first-order valence-corrected chi connectivity index (χ1v) is 4.50. The molecule has 0 heterocycles. The number of ether oxygens (including phenoxy) is 2. The van der Waals surface area contributed by atoms with Crippen LogP contribution in [0.15, 0.2) is 0 Å². The number of hydrogen-bond donors (Lipinski definition) is 0. The summed E-state index contributed by atoms with van der Waals surface area (Å²) in [6, 6.07) is 0. The minimum Gasteiger partial charge on any atom is -0.428 e. The average molecular weight is 224 g/mol. The molecular formula is C9H14F2O4. The van der Waals surface area contributed by atoms with Crippen LogP contribution in [-0.4, -0.2) is 24.7 Å². The summed E-state index contributed by atoms with van der Waals surface area (Å²) in [6.45, 7) is 3.04. The van der Waals surface area contributed by atoms with E-state index >= 15 is 0 Å². The van der Waals surface area contributed by atoms with Crippen LogP contribution in [0.4, 0.5) is 8.78 Å². The summed E-state index contributed by atoms with van der Waals surface area (Å²) in [5.41, 5.74) is 0. The quantitative estimate of drug-likeness (QED) is 0.527. The fourth-order valence-corrected chi connectivity index (χ4v) is 0.577. The standard InChI is InChI=1S/C9H14F2O4/c1-4-6(2)7(12)14-5-15-8(13)9(3,10)11/h6H,4-5H2,1-3H3. The number of hydrogen-bond acceptors (Lipinski definition) is 4. The lowest BCUT2D eigenvalue weighted by atomic mass is 10.1. The molecule has 0 saturated heterocycles. The van der Waals surface area contributed by atoms with E-state index < -0.39 is 24.7 Å². The molecule has 0 aromatic rings. The molecule has 1 atom stereocenters. The molecule has 6 heteroatoms. The summed E-state index contributed by atoms with van der Waals surface area (Å²) in [5.74, 6) is -6.20. The van der Waals surface area contributed by atoms with Crippen LogP contribution in [0.5, 0.6) is 0 Å². The normalized spacial score (nSPS) is 13.1. The smallest absolute Gasteiger partial charge is 0.379 e. The third kappa shape index (κ3) is 5.29. The largest absolute Gasteiger partial charge is 0.428 e. The molecule has 0 aromatic heterocycles. The molecule has 0 aliphatic heterocycles. The van der Waals surface area contributed by atoms with E-state index in [-0.39, 0.29) is 5.92 Å². The number of esters is 2. The molecule has 0 spiro atoms. The zero-order valence-corrected chi connectivity index (χ0v) is 8.88. The van der Waals surface area contributed by atoms with Crippen molar-refractivity contribution < 1.29 is 27.8 Å². The summed E-state index contributed by atoms with van der Waals surface area (Å²) < 4.78 is 33.0. The van der Waals surface area contributed by atoms with Crippen molar-refractivity contribution >= 4 is 11.9 Å². The van der Waals surface area contributed by atoms with Crippen LogP contribution in [0.2, 0.25) is 0 Å². The van der Waals surface area contributed by atoms with Crippen molar-refractivity contribution in [3.63, 3.8) is 0 Å². The fraction of sp³-hybridized carbons (Fsp3) is 0.778. The van der Waals surface area contributed by atoms with Gasteiger partial charge in [-0.05, 0) is 6.42 Å². The molecule has 0 amide bonds. The van der Waals surface area contributed by atoms with E-state index in [1.165, 1.54) is 0 Å². The Morgan fingerprint density at radius 1 is 1.33 bits per heavy atom. The van der Waals surface area contributed by atoms with Crippen molar-refractivity contribution in [1.82, 2.24) is 0 Å². The summed E-state index contributed by atoms with van der Waals surface area (Å²) in [5, 5.41) is 0. The summed E-state index contributed by atoms with van der Waals surface area (Å²) in [4.78, 5) is 21.5. The Morgan fingerprint density at radius 2 is 1.87 bits per heavy atom. The molecule has 0 aliphatic rings. The van der Waals surface area contributed by atoms with E-state index in [0.717, 1.165) is 0 Å². The van der Waals surface area contributed by atoms with Crippen molar-refractivity contribution in [1.29, 1.82) is 0 Å². The van der Waals surface area contributed by atoms with Crippen LogP contribution in [0.3, 0.4) is 0 Å². The van der Waals surface area contributed by atoms with Gasteiger partial charge in [-0.1, -0.05) is 13.8 Å². The van der Waals surface area contributed by atoms with Crippen molar-refractivity contribution in [2.75, 3.05) is 6.79 Å². The maximum Gasteiger partial charge on any atom is 0.379 e. The minimum absolute atomic E-state index is 0.342. The number of carbonyl (C=O) groups excluding carboxylic acids is 2. The molecule has 0 fully saturated rings. The van der Waals surface area contributed by atoms with E-state index in [0.29, 0.717) is 13.3 Å². The van der Waals surface area contributed by atoms with E-state index in [1.54, 1.807) is 13.8 Å². The molecule has 1 unspecified atom stereocenters. The third-order valence-electron chi connectivity index (χ3n) is 1.76. The first kappa shape index (κ1) is 13.8. The lowest BCUT2D eigenvalue weighted by Crippen LogP contribution is -2.28. The van der Waals surface area contributed by atoms with E-state index in [1.807, 2.05) is 0 Å². The molecular weight excluding hydrogens is 210 g/mol. The fourth-order valence-electron chi connectivity index (χ4n) is 0.577. The predicted octanol–water partition coefficient (Wildman–Crippen LogP) is 1.73. The second-order valence-electron chi connectivity index (χ2n) is 3.21. The molecule has 0 aliphatic carbocycles. The van der Waals surface area contributed by atoms with Gasteiger partial charge in [0.25, 0.3) is 0 Å². The van der Waals surface area contributed by atoms with Crippen LogP contribution < -0.4 is 0 Å². The van der Waals surface area contributed by atoms with E-state index in [9.17, 15) is 18.4 Å². The Hall–Kier alpha value is -1.20. The maximum absolute atomic E-state index is 12.2. The first-order valence-electron chi connectivity index (χ1n) is 4.50. The van der Waals surface area contributed by atoms with Gasteiger partial charge < -0.3 is 9.47 Å². The Bertz CT molecular complexity index is 235. The lowest BCUT2D eigenvalue weighted by Gasteiger charge is -2.11. The van der Waals surface area contributed by atoms with Gasteiger partial charge in [-0.25, -0.2) is 4.79 Å². The van der Waals surface area contributed by atoms with Crippen LogP contribution in [-0.2, 0) is 19.1 Å². The Balaban J connectivity index is 3.81. The molecule has 0 N–H and O–H groups in total. The second-order valence-corrected chi connectivity index (χ2v) is 3.21. The maximum atomic E-state index is 12.2. The van der Waals surface area contributed by atoms with Crippen molar-refractivity contribution in [3.05, 3.63) is 0 Å². The molecule has 0 aromatic carbocycles. The highest BCUT2D eigenvalue weighted by Crippen LogP contribution is 2.13. The summed E-state index contributed by atoms with van der Waals surface area (Å²) in [6.07, 6.45) is 0.566. The Kier molecular flexibility index (Phi) is 5.18. The van der Waals surface area contributed by atoms with Gasteiger partial charge in [-0.2, -0.15) is 8.78 Å². The van der Waals surface area contributed by atoms with Crippen molar-refractivity contribution in [2.45, 2.75) is 33.1 Å². The van der Waals surface area contributed by atoms with Gasteiger partial charge in [0.1, 0.15) is 0 Å². The SMILES string of the molecule is CCC(C)C(=O)OCOC(=O)C(C)(F)F. The molecule has 88 valence electrons. The van der Waals surface area contributed by atoms with E-state index in [2.05, 4.69) is 9.47 Å².